The van der Waals surface area contributed by atoms with Gasteiger partial charge in [0, 0.05) is 6.42 Å². The van der Waals surface area contributed by atoms with Crippen LogP contribution in [0, 0.1) is 0 Å². The van der Waals surface area contributed by atoms with Crippen molar-refractivity contribution in [3.8, 4) is 0 Å². The summed E-state index contributed by atoms with van der Waals surface area (Å²) in [5.74, 6) is -0.651. The molecule has 0 aromatic heterocycles. The van der Waals surface area contributed by atoms with E-state index in [0.29, 0.717) is 6.42 Å². The van der Waals surface area contributed by atoms with E-state index in [1.165, 1.54) is 109 Å². The summed E-state index contributed by atoms with van der Waals surface area (Å²) < 4.78 is 0. The molecule has 2 nitrogen and oxygen atoms in total. The molecule has 0 heterocycles. The zero-order chi connectivity index (χ0) is 17.7. The second-order valence-electron chi connectivity index (χ2n) is 7.51. The van der Waals surface area contributed by atoms with Crippen LogP contribution in [0.1, 0.15) is 135 Å². The van der Waals surface area contributed by atoms with E-state index in [9.17, 15) is 4.79 Å². The Kier molecular flexibility index (Phi) is 36.7. The molecular formula is C22H48Ca2O2. The van der Waals surface area contributed by atoms with E-state index in [-0.39, 0.29) is 75.5 Å². The van der Waals surface area contributed by atoms with Crippen LogP contribution >= 0.6 is 0 Å². The summed E-state index contributed by atoms with van der Waals surface area (Å²) in [6.45, 7) is 2.28. The number of carboxylic acid groups (broad SMARTS) is 1. The average molecular weight is 425 g/mol. The van der Waals surface area contributed by atoms with Crippen LogP contribution in [0.25, 0.3) is 0 Å². The zero-order valence-electron chi connectivity index (χ0n) is 16.5. The van der Waals surface area contributed by atoms with Crippen molar-refractivity contribution in [2.24, 2.45) is 0 Å². The number of rotatable bonds is 20. The summed E-state index contributed by atoms with van der Waals surface area (Å²) in [5, 5.41) is 8.56. The summed E-state index contributed by atoms with van der Waals surface area (Å²) in [4.78, 5) is 10.4. The predicted octanol–water partition coefficient (Wildman–Crippen LogP) is 6.06. The number of hydrogen-bond donors (Lipinski definition) is 1. The van der Waals surface area contributed by atoms with Crippen LogP contribution in [0.4, 0.5) is 0 Å². The second kappa shape index (κ2) is 29.2. The van der Waals surface area contributed by atoms with Crippen molar-refractivity contribution in [2.75, 3.05) is 0 Å². The van der Waals surface area contributed by atoms with Gasteiger partial charge in [0.25, 0.3) is 0 Å². The van der Waals surface area contributed by atoms with Gasteiger partial charge < -0.3 is 5.11 Å². The minimum atomic E-state index is -0.651. The first kappa shape index (κ1) is 32.6. The third-order valence-corrected chi connectivity index (χ3v) is 4.99. The Morgan fingerprint density at radius 3 is 0.962 bits per heavy atom. The predicted molar refractivity (Wildman–Crippen MR) is 123 cm³/mol. The molecule has 0 unspecified atom stereocenters. The van der Waals surface area contributed by atoms with Crippen molar-refractivity contribution in [1.29, 1.82) is 0 Å². The van der Waals surface area contributed by atoms with Crippen LogP contribution in [0.2, 0.25) is 0 Å². The number of aliphatic carboxylic acids is 1. The maximum atomic E-state index is 10.4. The zero-order valence-corrected chi connectivity index (χ0v) is 16.5. The molecule has 26 heavy (non-hydrogen) atoms. The first-order valence-corrected chi connectivity index (χ1v) is 11.0. The Hall–Kier alpha value is 1.99. The van der Waals surface area contributed by atoms with Crippen LogP contribution in [-0.4, -0.2) is 86.6 Å². The van der Waals surface area contributed by atoms with E-state index >= 15 is 0 Å². The summed E-state index contributed by atoms with van der Waals surface area (Å²) in [6, 6.07) is 0. The molecule has 4 heteroatoms. The molecule has 0 saturated carbocycles. The Bertz CT molecular complexity index is 261. The summed E-state index contributed by atoms with van der Waals surface area (Å²) in [7, 11) is 0. The number of hydrogen-bond acceptors (Lipinski definition) is 1. The Labute approximate surface area is 224 Å². The Balaban J connectivity index is -0.00000264. The molecule has 0 aromatic rings. The SMILES string of the molecule is CCCCCCCCCCCCCCCCCCCCCC(=O)O.[CaH2].[CaH2]. The molecular weight excluding hydrogens is 376 g/mol. The number of unbranched alkanes of at least 4 members (excludes halogenated alkanes) is 18. The standard InChI is InChI=1S/C22H44O2.2Ca.4H/c1-2-3-4-5-6-7-8-9-10-11-12-13-14-15-16-17-18-19-20-21-22(23)24;;;;;;/h2-21H2,1H3,(H,23,24);;;;;;. The number of carboxylic acids is 1. The molecule has 0 aromatic carbocycles. The van der Waals surface area contributed by atoms with Gasteiger partial charge in [-0.2, -0.15) is 0 Å². The van der Waals surface area contributed by atoms with Crippen LogP contribution in [-0.2, 0) is 4.79 Å². The Morgan fingerprint density at radius 2 is 0.731 bits per heavy atom. The van der Waals surface area contributed by atoms with Crippen molar-refractivity contribution in [3.63, 3.8) is 0 Å². The third-order valence-electron chi connectivity index (χ3n) is 4.99. The van der Waals surface area contributed by atoms with Crippen LogP contribution in [0.15, 0.2) is 0 Å². The van der Waals surface area contributed by atoms with Crippen LogP contribution in [0.3, 0.4) is 0 Å². The van der Waals surface area contributed by atoms with Crippen molar-refractivity contribution in [1.82, 2.24) is 0 Å². The van der Waals surface area contributed by atoms with Gasteiger partial charge in [-0.15, -0.1) is 0 Å². The fourth-order valence-electron chi connectivity index (χ4n) is 3.35. The fourth-order valence-corrected chi connectivity index (χ4v) is 3.35. The van der Waals surface area contributed by atoms with Crippen LogP contribution < -0.4 is 0 Å². The molecule has 0 amide bonds. The van der Waals surface area contributed by atoms with Gasteiger partial charge in [0.15, 0.2) is 0 Å². The summed E-state index contributed by atoms with van der Waals surface area (Å²) in [6.07, 6.45) is 26.1. The summed E-state index contributed by atoms with van der Waals surface area (Å²) in [5.41, 5.74) is 0. The van der Waals surface area contributed by atoms with Crippen LogP contribution in [0.5, 0.6) is 0 Å². The van der Waals surface area contributed by atoms with E-state index in [2.05, 4.69) is 6.92 Å². The van der Waals surface area contributed by atoms with Gasteiger partial charge in [0.05, 0.1) is 0 Å². The topological polar surface area (TPSA) is 37.3 Å². The quantitative estimate of drug-likeness (QED) is 0.190. The van der Waals surface area contributed by atoms with Crippen molar-refractivity contribution in [3.05, 3.63) is 0 Å². The molecule has 0 aliphatic heterocycles. The van der Waals surface area contributed by atoms with Gasteiger partial charge in [-0.05, 0) is 6.42 Å². The Morgan fingerprint density at radius 1 is 0.500 bits per heavy atom. The van der Waals surface area contributed by atoms with Gasteiger partial charge in [-0.1, -0.05) is 122 Å². The fraction of sp³-hybridized carbons (Fsp3) is 0.955. The summed E-state index contributed by atoms with van der Waals surface area (Å²) >= 11 is 0. The average Bonchev–Trinajstić information content (AvgIpc) is 2.56. The minimum absolute atomic E-state index is 0. The van der Waals surface area contributed by atoms with Crippen molar-refractivity contribution < 1.29 is 9.90 Å². The number of carbonyl (C=O) groups is 1. The molecule has 0 rings (SSSR count). The van der Waals surface area contributed by atoms with Crippen molar-refractivity contribution >= 4 is 81.4 Å². The normalized spacial score (nSPS) is 10.2. The van der Waals surface area contributed by atoms with Crippen molar-refractivity contribution in [2.45, 2.75) is 135 Å². The molecule has 152 valence electrons. The molecule has 0 aliphatic rings. The van der Waals surface area contributed by atoms with Gasteiger partial charge in [-0.25, -0.2) is 0 Å². The first-order chi connectivity index (χ1) is 11.8. The molecule has 0 saturated heterocycles. The van der Waals surface area contributed by atoms with Gasteiger partial charge in [0.2, 0.25) is 0 Å². The molecule has 0 spiro atoms. The van der Waals surface area contributed by atoms with E-state index in [4.69, 9.17) is 5.11 Å². The monoisotopic (exact) mass is 424 g/mol. The molecule has 0 aliphatic carbocycles. The second-order valence-corrected chi connectivity index (χ2v) is 7.51. The molecule has 0 fully saturated rings. The van der Waals surface area contributed by atoms with Gasteiger partial charge in [0.1, 0.15) is 0 Å². The van der Waals surface area contributed by atoms with Gasteiger partial charge in [-0.3, -0.25) is 4.79 Å². The molecule has 0 bridgehead atoms. The first-order valence-electron chi connectivity index (χ1n) is 11.0. The molecule has 1 N–H and O–H groups in total. The third kappa shape index (κ3) is 30.7. The van der Waals surface area contributed by atoms with E-state index in [1.807, 2.05) is 0 Å². The van der Waals surface area contributed by atoms with E-state index in [0.717, 1.165) is 12.8 Å². The molecule has 0 atom stereocenters. The van der Waals surface area contributed by atoms with E-state index < -0.39 is 5.97 Å². The molecule has 0 radical (unpaired) electrons. The van der Waals surface area contributed by atoms with Gasteiger partial charge >= 0.3 is 81.4 Å². The van der Waals surface area contributed by atoms with E-state index in [1.54, 1.807) is 0 Å². The maximum absolute atomic E-state index is 10.4.